The molecule has 0 radical (unpaired) electrons. The SMILES string of the molecule is CC(C)(C)OC(=O)Nc1nc2ccccc2n1C(=O)Oc1ccccc1. The summed E-state index contributed by atoms with van der Waals surface area (Å²) in [4.78, 5) is 29.1. The maximum Gasteiger partial charge on any atom is 0.426 e. The van der Waals surface area contributed by atoms with Crippen molar-refractivity contribution in [2.45, 2.75) is 26.4 Å². The Labute approximate surface area is 150 Å². The molecule has 134 valence electrons. The molecule has 0 fully saturated rings. The van der Waals surface area contributed by atoms with Crippen LogP contribution in [0, 0.1) is 0 Å². The molecule has 0 aliphatic carbocycles. The van der Waals surface area contributed by atoms with Gasteiger partial charge in [-0.25, -0.2) is 19.1 Å². The smallest absolute Gasteiger partial charge is 0.426 e. The normalized spacial score (nSPS) is 11.2. The van der Waals surface area contributed by atoms with Gasteiger partial charge >= 0.3 is 12.2 Å². The first-order valence-corrected chi connectivity index (χ1v) is 8.08. The van der Waals surface area contributed by atoms with Crippen molar-refractivity contribution >= 4 is 29.2 Å². The van der Waals surface area contributed by atoms with Gasteiger partial charge in [-0.3, -0.25) is 5.32 Å². The fraction of sp³-hybridized carbons (Fsp3) is 0.211. The van der Waals surface area contributed by atoms with Crippen molar-refractivity contribution in [1.82, 2.24) is 9.55 Å². The summed E-state index contributed by atoms with van der Waals surface area (Å²) in [6.07, 6.45) is -1.39. The predicted octanol–water partition coefficient (Wildman–Crippen LogP) is 4.43. The maximum absolute atomic E-state index is 12.7. The molecule has 3 aromatic rings. The Hall–Kier alpha value is -3.35. The summed E-state index contributed by atoms with van der Waals surface area (Å²) in [6.45, 7) is 5.25. The highest BCUT2D eigenvalue weighted by atomic mass is 16.6. The monoisotopic (exact) mass is 353 g/mol. The molecular formula is C19H19N3O4. The van der Waals surface area contributed by atoms with Crippen LogP contribution in [-0.2, 0) is 4.74 Å². The van der Waals surface area contributed by atoms with Gasteiger partial charge in [0.1, 0.15) is 11.4 Å². The van der Waals surface area contributed by atoms with Gasteiger partial charge in [0, 0.05) is 0 Å². The lowest BCUT2D eigenvalue weighted by Crippen LogP contribution is -2.29. The van der Waals surface area contributed by atoms with E-state index in [0.717, 1.165) is 0 Å². The van der Waals surface area contributed by atoms with Crippen LogP contribution in [0.2, 0.25) is 0 Å². The third kappa shape index (κ3) is 4.00. The predicted molar refractivity (Wildman–Crippen MR) is 97.5 cm³/mol. The average Bonchev–Trinajstić information content (AvgIpc) is 2.91. The second-order valence-corrected chi connectivity index (χ2v) is 6.57. The van der Waals surface area contributed by atoms with E-state index in [2.05, 4.69) is 10.3 Å². The molecule has 0 bridgehead atoms. The molecular weight excluding hydrogens is 334 g/mol. The number of hydrogen-bond acceptors (Lipinski definition) is 5. The summed E-state index contributed by atoms with van der Waals surface area (Å²) in [7, 11) is 0. The van der Waals surface area contributed by atoms with Gasteiger partial charge in [-0.05, 0) is 45.0 Å². The highest BCUT2D eigenvalue weighted by molar-refractivity contribution is 5.95. The minimum absolute atomic E-state index is 0.0291. The van der Waals surface area contributed by atoms with Crippen LogP contribution in [0.25, 0.3) is 11.0 Å². The second-order valence-electron chi connectivity index (χ2n) is 6.57. The van der Waals surface area contributed by atoms with Crippen molar-refractivity contribution in [3.63, 3.8) is 0 Å². The Morgan fingerprint density at radius 3 is 2.35 bits per heavy atom. The Morgan fingerprint density at radius 2 is 1.65 bits per heavy atom. The van der Waals surface area contributed by atoms with Gasteiger partial charge in [-0.1, -0.05) is 30.3 Å². The molecule has 0 atom stereocenters. The van der Waals surface area contributed by atoms with Crippen LogP contribution in [0.5, 0.6) is 5.75 Å². The van der Waals surface area contributed by atoms with Crippen LogP contribution in [-0.4, -0.2) is 27.3 Å². The molecule has 0 unspecified atom stereocenters. The van der Waals surface area contributed by atoms with Gasteiger partial charge < -0.3 is 9.47 Å². The topological polar surface area (TPSA) is 82.5 Å². The highest BCUT2D eigenvalue weighted by Crippen LogP contribution is 2.22. The van der Waals surface area contributed by atoms with Crippen molar-refractivity contribution in [2.24, 2.45) is 0 Å². The largest absolute Gasteiger partial charge is 0.444 e. The summed E-state index contributed by atoms with van der Waals surface area (Å²) >= 11 is 0. The van der Waals surface area contributed by atoms with Crippen LogP contribution >= 0.6 is 0 Å². The van der Waals surface area contributed by atoms with Gasteiger partial charge in [-0.2, -0.15) is 0 Å². The molecule has 0 saturated carbocycles. The quantitative estimate of drug-likeness (QED) is 0.737. The zero-order valence-electron chi connectivity index (χ0n) is 14.7. The number of rotatable bonds is 2. The number of aromatic nitrogens is 2. The highest BCUT2D eigenvalue weighted by Gasteiger charge is 2.23. The lowest BCUT2D eigenvalue weighted by Gasteiger charge is -2.19. The molecule has 2 aromatic carbocycles. The van der Waals surface area contributed by atoms with E-state index in [1.54, 1.807) is 69.3 Å². The number of amides is 1. The van der Waals surface area contributed by atoms with E-state index in [-0.39, 0.29) is 5.95 Å². The van der Waals surface area contributed by atoms with Crippen molar-refractivity contribution in [3.8, 4) is 5.75 Å². The standard InChI is InChI=1S/C19H19N3O4/c1-19(2,3)26-17(23)21-16-20-14-11-7-8-12-15(14)22(16)18(24)25-13-9-5-4-6-10-13/h4-12H,1-3H3,(H,20,21,23). The Bertz CT molecular complexity index is 942. The van der Waals surface area contributed by atoms with Crippen LogP contribution in [0.3, 0.4) is 0 Å². The van der Waals surface area contributed by atoms with Crippen LogP contribution < -0.4 is 10.1 Å². The van der Waals surface area contributed by atoms with E-state index in [1.165, 1.54) is 4.57 Å². The molecule has 1 amide bonds. The van der Waals surface area contributed by atoms with Crippen molar-refractivity contribution in [3.05, 3.63) is 54.6 Å². The molecule has 7 nitrogen and oxygen atoms in total. The first-order chi connectivity index (χ1) is 12.3. The lowest BCUT2D eigenvalue weighted by atomic mass is 10.2. The number of carbonyl (C=O) groups is 2. The number of anilines is 1. The molecule has 1 N–H and O–H groups in total. The summed E-state index contributed by atoms with van der Waals surface area (Å²) in [5.74, 6) is 0.417. The van der Waals surface area contributed by atoms with E-state index in [9.17, 15) is 9.59 Å². The van der Waals surface area contributed by atoms with Crippen molar-refractivity contribution < 1.29 is 19.1 Å². The molecule has 0 aliphatic rings. The number of benzene rings is 2. The minimum Gasteiger partial charge on any atom is -0.444 e. The molecule has 1 aromatic heterocycles. The fourth-order valence-corrected chi connectivity index (χ4v) is 2.32. The number of imidazole rings is 1. The average molecular weight is 353 g/mol. The van der Waals surface area contributed by atoms with E-state index >= 15 is 0 Å². The van der Waals surface area contributed by atoms with Crippen molar-refractivity contribution in [2.75, 3.05) is 5.32 Å². The number of fused-ring (bicyclic) bond motifs is 1. The molecule has 26 heavy (non-hydrogen) atoms. The molecule has 3 rings (SSSR count). The van der Waals surface area contributed by atoms with E-state index in [0.29, 0.717) is 16.8 Å². The second kappa shape index (κ2) is 6.87. The van der Waals surface area contributed by atoms with Gasteiger partial charge in [0.2, 0.25) is 5.95 Å². The summed E-state index contributed by atoms with van der Waals surface area (Å²) in [5.41, 5.74) is 0.383. The number of carbonyl (C=O) groups excluding carboxylic acids is 2. The third-order valence-corrected chi connectivity index (χ3v) is 3.30. The van der Waals surface area contributed by atoms with Gasteiger partial charge in [0.25, 0.3) is 0 Å². The number of ether oxygens (including phenoxy) is 2. The van der Waals surface area contributed by atoms with E-state index in [1.807, 2.05) is 6.07 Å². The molecule has 1 heterocycles. The number of para-hydroxylation sites is 3. The molecule has 7 heteroatoms. The molecule has 0 saturated heterocycles. The first kappa shape index (κ1) is 17.5. The maximum atomic E-state index is 12.7. The third-order valence-electron chi connectivity index (χ3n) is 3.30. The summed E-state index contributed by atoms with van der Waals surface area (Å²) < 4.78 is 11.8. The Kier molecular flexibility index (Phi) is 4.62. The van der Waals surface area contributed by atoms with Crippen LogP contribution in [0.15, 0.2) is 54.6 Å². The van der Waals surface area contributed by atoms with E-state index < -0.39 is 17.8 Å². The fourth-order valence-electron chi connectivity index (χ4n) is 2.32. The van der Waals surface area contributed by atoms with Crippen molar-refractivity contribution in [1.29, 1.82) is 0 Å². The first-order valence-electron chi connectivity index (χ1n) is 8.08. The number of nitrogens with zero attached hydrogens (tertiary/aromatic N) is 2. The summed E-state index contributed by atoms with van der Waals surface area (Å²) in [5, 5.41) is 2.51. The number of hydrogen-bond donors (Lipinski definition) is 1. The summed E-state index contributed by atoms with van der Waals surface area (Å²) in [6, 6.07) is 15.7. The number of nitrogens with one attached hydrogen (secondary N) is 1. The van der Waals surface area contributed by atoms with Gasteiger partial charge in [-0.15, -0.1) is 0 Å². The Morgan fingerprint density at radius 1 is 1.00 bits per heavy atom. The van der Waals surface area contributed by atoms with Crippen LogP contribution in [0.4, 0.5) is 15.5 Å². The zero-order chi connectivity index (χ0) is 18.7. The van der Waals surface area contributed by atoms with Gasteiger partial charge in [0.05, 0.1) is 11.0 Å². The molecule has 0 spiro atoms. The van der Waals surface area contributed by atoms with E-state index in [4.69, 9.17) is 9.47 Å². The Balaban J connectivity index is 1.94. The lowest BCUT2D eigenvalue weighted by molar-refractivity contribution is 0.0634. The zero-order valence-corrected chi connectivity index (χ0v) is 14.7. The minimum atomic E-state index is -0.707. The van der Waals surface area contributed by atoms with Gasteiger partial charge in [0.15, 0.2) is 0 Å². The molecule has 0 aliphatic heterocycles. The van der Waals surface area contributed by atoms with Crippen LogP contribution in [0.1, 0.15) is 20.8 Å².